The lowest BCUT2D eigenvalue weighted by Crippen LogP contribution is -2.31. The molecule has 0 aromatic heterocycles. The van der Waals surface area contributed by atoms with Gasteiger partial charge in [0.2, 0.25) is 5.75 Å². The van der Waals surface area contributed by atoms with Crippen LogP contribution in [0.1, 0.15) is 28.4 Å². The van der Waals surface area contributed by atoms with Crippen molar-refractivity contribution in [1.82, 2.24) is 10.6 Å². The Morgan fingerprint density at radius 3 is 2.00 bits per heavy atom. The van der Waals surface area contributed by atoms with Crippen molar-refractivity contribution >= 4 is 5.91 Å². The molecule has 0 atom stereocenters. The van der Waals surface area contributed by atoms with Crippen LogP contribution in [0, 0.1) is 0 Å². The second-order valence-corrected chi connectivity index (χ2v) is 6.02. The van der Waals surface area contributed by atoms with Crippen LogP contribution < -0.4 is 24.8 Å². The maximum absolute atomic E-state index is 12.4. The van der Waals surface area contributed by atoms with Crippen molar-refractivity contribution in [2.75, 3.05) is 34.4 Å². The highest BCUT2D eigenvalue weighted by atomic mass is 16.5. The smallest absolute Gasteiger partial charge is 0.251 e. The van der Waals surface area contributed by atoms with Crippen LogP contribution in [0.2, 0.25) is 0 Å². The fourth-order valence-corrected chi connectivity index (χ4v) is 2.70. The van der Waals surface area contributed by atoms with Gasteiger partial charge in [-0.15, -0.1) is 0 Å². The number of rotatable bonds is 10. The molecule has 0 aliphatic carbocycles. The molecule has 6 heteroatoms. The standard InChI is InChI=1S/C21H28N2O4/c1-5-15-6-8-16(9-7-15)14-22-10-11-23-21(24)17-12-18(25-2)20(27-4)19(13-17)26-3/h6-9,12-13,22H,5,10-11,14H2,1-4H3,(H,23,24). The first-order valence-electron chi connectivity index (χ1n) is 8.99. The van der Waals surface area contributed by atoms with E-state index in [0.29, 0.717) is 35.9 Å². The van der Waals surface area contributed by atoms with Crippen LogP contribution in [-0.4, -0.2) is 40.3 Å². The fraction of sp³-hybridized carbons (Fsp3) is 0.381. The summed E-state index contributed by atoms with van der Waals surface area (Å²) in [6, 6.07) is 11.8. The highest BCUT2D eigenvalue weighted by Crippen LogP contribution is 2.38. The summed E-state index contributed by atoms with van der Waals surface area (Å²) in [6.07, 6.45) is 1.04. The normalized spacial score (nSPS) is 10.4. The number of hydrogen-bond donors (Lipinski definition) is 2. The van der Waals surface area contributed by atoms with Crippen molar-refractivity contribution in [3.05, 3.63) is 53.1 Å². The van der Waals surface area contributed by atoms with Gasteiger partial charge >= 0.3 is 0 Å². The van der Waals surface area contributed by atoms with Gasteiger partial charge in [0.1, 0.15) is 0 Å². The maximum Gasteiger partial charge on any atom is 0.251 e. The zero-order valence-corrected chi connectivity index (χ0v) is 16.4. The molecule has 6 nitrogen and oxygen atoms in total. The van der Waals surface area contributed by atoms with Gasteiger partial charge < -0.3 is 24.8 Å². The quantitative estimate of drug-likeness (QED) is 0.628. The third kappa shape index (κ3) is 5.62. The van der Waals surface area contributed by atoms with Crippen LogP contribution in [-0.2, 0) is 13.0 Å². The summed E-state index contributed by atoms with van der Waals surface area (Å²) in [4.78, 5) is 12.4. The summed E-state index contributed by atoms with van der Waals surface area (Å²) in [5.41, 5.74) is 3.01. The molecular weight excluding hydrogens is 344 g/mol. The van der Waals surface area contributed by atoms with E-state index in [2.05, 4.69) is 41.8 Å². The van der Waals surface area contributed by atoms with Crippen molar-refractivity contribution < 1.29 is 19.0 Å². The third-order valence-corrected chi connectivity index (χ3v) is 4.27. The van der Waals surface area contributed by atoms with Gasteiger partial charge in [-0.05, 0) is 29.7 Å². The molecule has 1 amide bonds. The van der Waals surface area contributed by atoms with Crippen molar-refractivity contribution in [1.29, 1.82) is 0 Å². The number of ether oxygens (including phenoxy) is 3. The summed E-state index contributed by atoms with van der Waals surface area (Å²) < 4.78 is 15.8. The molecule has 2 aromatic carbocycles. The Bertz CT molecular complexity index is 719. The Labute approximate surface area is 160 Å². The predicted octanol–water partition coefficient (Wildman–Crippen LogP) is 2.79. The molecule has 0 fully saturated rings. The fourth-order valence-electron chi connectivity index (χ4n) is 2.70. The summed E-state index contributed by atoms with van der Waals surface area (Å²) in [6.45, 7) is 4.10. The first kappa shape index (κ1) is 20.6. The number of hydrogen-bond acceptors (Lipinski definition) is 5. The SMILES string of the molecule is CCc1ccc(CNCCNC(=O)c2cc(OC)c(OC)c(OC)c2)cc1. The zero-order chi connectivity index (χ0) is 19.6. The highest BCUT2D eigenvalue weighted by molar-refractivity contribution is 5.95. The van der Waals surface area contributed by atoms with E-state index >= 15 is 0 Å². The van der Waals surface area contributed by atoms with Crippen LogP contribution in [0.15, 0.2) is 36.4 Å². The molecule has 0 bridgehead atoms. The number of benzene rings is 2. The van der Waals surface area contributed by atoms with E-state index in [1.807, 2.05) is 0 Å². The number of nitrogens with one attached hydrogen (secondary N) is 2. The van der Waals surface area contributed by atoms with Gasteiger partial charge in [-0.25, -0.2) is 0 Å². The van der Waals surface area contributed by atoms with Gasteiger partial charge in [-0.1, -0.05) is 31.2 Å². The molecule has 0 aliphatic heterocycles. The maximum atomic E-state index is 12.4. The van der Waals surface area contributed by atoms with Crippen LogP contribution in [0.4, 0.5) is 0 Å². The minimum atomic E-state index is -0.191. The molecule has 0 saturated heterocycles. The van der Waals surface area contributed by atoms with Crippen molar-refractivity contribution in [3.8, 4) is 17.2 Å². The van der Waals surface area contributed by atoms with Crippen molar-refractivity contribution in [2.24, 2.45) is 0 Å². The minimum Gasteiger partial charge on any atom is -0.493 e. The summed E-state index contributed by atoms with van der Waals surface area (Å²) in [5.74, 6) is 1.18. The zero-order valence-electron chi connectivity index (χ0n) is 16.4. The molecule has 0 aliphatic rings. The number of methoxy groups -OCH3 is 3. The Balaban J connectivity index is 1.84. The van der Waals surface area contributed by atoms with Gasteiger partial charge in [0, 0.05) is 25.2 Å². The molecule has 0 heterocycles. The molecule has 2 rings (SSSR count). The van der Waals surface area contributed by atoms with E-state index in [4.69, 9.17) is 14.2 Å². The Hall–Kier alpha value is -2.73. The first-order chi connectivity index (χ1) is 13.1. The van der Waals surface area contributed by atoms with Gasteiger partial charge in [-0.2, -0.15) is 0 Å². The molecular formula is C21H28N2O4. The summed E-state index contributed by atoms with van der Waals surface area (Å²) >= 11 is 0. The Morgan fingerprint density at radius 2 is 1.48 bits per heavy atom. The molecule has 2 aromatic rings. The van der Waals surface area contributed by atoms with E-state index in [0.717, 1.165) is 13.0 Å². The third-order valence-electron chi connectivity index (χ3n) is 4.27. The molecule has 27 heavy (non-hydrogen) atoms. The van der Waals surface area contributed by atoms with Crippen LogP contribution in [0.5, 0.6) is 17.2 Å². The molecule has 0 spiro atoms. The van der Waals surface area contributed by atoms with E-state index in [9.17, 15) is 4.79 Å². The minimum absolute atomic E-state index is 0.191. The van der Waals surface area contributed by atoms with Crippen LogP contribution >= 0.6 is 0 Å². The number of carbonyl (C=O) groups is 1. The second kappa shape index (κ2) is 10.4. The molecule has 0 radical (unpaired) electrons. The monoisotopic (exact) mass is 372 g/mol. The summed E-state index contributed by atoms with van der Waals surface area (Å²) in [5, 5.41) is 6.22. The lowest BCUT2D eigenvalue weighted by Gasteiger charge is -2.14. The van der Waals surface area contributed by atoms with E-state index in [1.165, 1.54) is 32.5 Å². The number of amides is 1. The Kier molecular flexibility index (Phi) is 7.95. The number of aryl methyl sites for hydroxylation is 1. The molecule has 0 saturated carbocycles. The van der Waals surface area contributed by atoms with Crippen LogP contribution in [0.3, 0.4) is 0 Å². The lowest BCUT2D eigenvalue weighted by molar-refractivity contribution is 0.0953. The Morgan fingerprint density at radius 1 is 0.889 bits per heavy atom. The highest BCUT2D eigenvalue weighted by Gasteiger charge is 2.16. The molecule has 2 N–H and O–H groups in total. The van der Waals surface area contributed by atoms with Crippen molar-refractivity contribution in [2.45, 2.75) is 19.9 Å². The van der Waals surface area contributed by atoms with Gasteiger partial charge in [0.25, 0.3) is 5.91 Å². The average Bonchev–Trinajstić information content (AvgIpc) is 2.72. The van der Waals surface area contributed by atoms with Crippen molar-refractivity contribution in [3.63, 3.8) is 0 Å². The molecule has 0 unspecified atom stereocenters. The number of carbonyl (C=O) groups excluding carboxylic acids is 1. The van der Waals surface area contributed by atoms with Crippen LogP contribution in [0.25, 0.3) is 0 Å². The van der Waals surface area contributed by atoms with E-state index in [1.54, 1.807) is 12.1 Å². The van der Waals surface area contributed by atoms with E-state index < -0.39 is 0 Å². The lowest BCUT2D eigenvalue weighted by atomic mass is 10.1. The molecule has 146 valence electrons. The van der Waals surface area contributed by atoms with Gasteiger partial charge in [0.15, 0.2) is 11.5 Å². The largest absolute Gasteiger partial charge is 0.493 e. The van der Waals surface area contributed by atoms with Gasteiger partial charge in [0.05, 0.1) is 21.3 Å². The van der Waals surface area contributed by atoms with E-state index in [-0.39, 0.29) is 5.91 Å². The predicted molar refractivity (Wildman–Crippen MR) is 106 cm³/mol. The second-order valence-electron chi connectivity index (χ2n) is 6.02. The topological polar surface area (TPSA) is 68.8 Å². The summed E-state index contributed by atoms with van der Waals surface area (Å²) in [7, 11) is 4.58. The average molecular weight is 372 g/mol. The van der Waals surface area contributed by atoms with Gasteiger partial charge in [-0.3, -0.25) is 4.79 Å². The first-order valence-corrected chi connectivity index (χ1v) is 8.99.